The number of pyridine rings is 1. The van der Waals surface area contributed by atoms with Crippen LogP contribution in [-0.2, 0) is 5.60 Å². The standard InChI is InChI=1S/C17H19ClN2O/c18-14-10-15(16(19)20-11-14)17(21)8-6-13(7-9-17)12-4-2-1-3-5-12/h1-5,10-11,13,21H,6-9H2,(H2,19,20). The molecule has 0 bridgehead atoms. The Morgan fingerprint density at radius 2 is 1.86 bits per heavy atom. The highest BCUT2D eigenvalue weighted by atomic mass is 35.5. The average molecular weight is 303 g/mol. The Bertz CT molecular complexity index is 622. The summed E-state index contributed by atoms with van der Waals surface area (Å²) in [6.45, 7) is 0. The summed E-state index contributed by atoms with van der Waals surface area (Å²) < 4.78 is 0. The molecule has 1 aliphatic carbocycles. The van der Waals surface area contributed by atoms with Crippen LogP contribution in [0.5, 0.6) is 0 Å². The van der Waals surface area contributed by atoms with Crippen LogP contribution in [0.15, 0.2) is 42.6 Å². The van der Waals surface area contributed by atoms with Crippen molar-refractivity contribution in [2.45, 2.75) is 37.2 Å². The smallest absolute Gasteiger partial charge is 0.129 e. The lowest BCUT2D eigenvalue weighted by atomic mass is 9.73. The van der Waals surface area contributed by atoms with Crippen molar-refractivity contribution in [3.05, 3.63) is 58.7 Å². The quantitative estimate of drug-likeness (QED) is 0.885. The predicted octanol–water partition coefficient (Wildman–Crippen LogP) is 3.86. The van der Waals surface area contributed by atoms with Crippen LogP contribution in [0.1, 0.15) is 42.7 Å². The molecule has 2 aromatic rings. The highest BCUT2D eigenvalue weighted by Crippen LogP contribution is 2.44. The van der Waals surface area contributed by atoms with E-state index in [1.165, 1.54) is 11.8 Å². The number of aromatic nitrogens is 1. The molecule has 0 atom stereocenters. The molecule has 21 heavy (non-hydrogen) atoms. The first-order valence-electron chi connectivity index (χ1n) is 7.27. The van der Waals surface area contributed by atoms with E-state index in [1.807, 2.05) is 6.07 Å². The van der Waals surface area contributed by atoms with E-state index in [9.17, 15) is 5.11 Å². The lowest BCUT2D eigenvalue weighted by molar-refractivity contribution is -0.00519. The number of aliphatic hydroxyl groups is 1. The molecule has 0 unspecified atom stereocenters. The van der Waals surface area contributed by atoms with E-state index in [0.29, 0.717) is 35.2 Å². The molecule has 1 heterocycles. The first-order chi connectivity index (χ1) is 10.1. The maximum atomic E-state index is 10.9. The fraction of sp³-hybridized carbons (Fsp3) is 0.353. The second kappa shape index (κ2) is 5.66. The number of nitrogens with zero attached hydrogens (tertiary/aromatic N) is 1. The molecule has 4 heteroatoms. The first kappa shape index (κ1) is 14.4. The van der Waals surface area contributed by atoms with Crippen molar-refractivity contribution in [3.63, 3.8) is 0 Å². The monoisotopic (exact) mass is 302 g/mol. The average Bonchev–Trinajstić information content (AvgIpc) is 2.51. The van der Waals surface area contributed by atoms with E-state index in [2.05, 4.69) is 29.2 Å². The van der Waals surface area contributed by atoms with Crippen LogP contribution in [0.25, 0.3) is 0 Å². The van der Waals surface area contributed by atoms with Crippen molar-refractivity contribution in [1.29, 1.82) is 0 Å². The van der Waals surface area contributed by atoms with Crippen LogP contribution >= 0.6 is 11.6 Å². The highest BCUT2D eigenvalue weighted by Gasteiger charge is 2.37. The predicted molar refractivity (Wildman–Crippen MR) is 85.2 cm³/mol. The maximum Gasteiger partial charge on any atom is 0.129 e. The van der Waals surface area contributed by atoms with Crippen LogP contribution in [0, 0.1) is 0 Å². The molecular formula is C17H19ClN2O. The Morgan fingerprint density at radius 3 is 2.52 bits per heavy atom. The van der Waals surface area contributed by atoms with Gasteiger partial charge in [0.1, 0.15) is 5.82 Å². The number of nitrogen functional groups attached to an aromatic ring is 1. The molecule has 0 spiro atoms. The Labute approximate surface area is 129 Å². The minimum atomic E-state index is -0.909. The van der Waals surface area contributed by atoms with Gasteiger partial charge in [-0.1, -0.05) is 41.9 Å². The van der Waals surface area contributed by atoms with E-state index >= 15 is 0 Å². The zero-order valence-corrected chi connectivity index (χ0v) is 12.6. The zero-order chi connectivity index (χ0) is 14.9. The number of hydrogen-bond acceptors (Lipinski definition) is 3. The minimum absolute atomic E-state index is 0.375. The van der Waals surface area contributed by atoms with E-state index in [0.717, 1.165) is 12.8 Å². The molecule has 0 saturated heterocycles. The van der Waals surface area contributed by atoms with E-state index < -0.39 is 5.60 Å². The maximum absolute atomic E-state index is 10.9. The van der Waals surface area contributed by atoms with Crippen LogP contribution < -0.4 is 5.73 Å². The molecule has 0 amide bonds. The number of benzene rings is 1. The van der Waals surface area contributed by atoms with Crippen LogP contribution in [0.2, 0.25) is 5.02 Å². The van der Waals surface area contributed by atoms with Gasteiger partial charge in [-0.05, 0) is 43.2 Å². The topological polar surface area (TPSA) is 59.1 Å². The van der Waals surface area contributed by atoms with Gasteiger partial charge in [0.2, 0.25) is 0 Å². The molecule has 0 radical (unpaired) electrons. The molecule has 3 rings (SSSR count). The Balaban J connectivity index is 1.79. The summed E-state index contributed by atoms with van der Waals surface area (Å²) in [4.78, 5) is 4.06. The van der Waals surface area contributed by atoms with Gasteiger partial charge in [-0.3, -0.25) is 0 Å². The van der Waals surface area contributed by atoms with Crippen molar-refractivity contribution in [2.24, 2.45) is 0 Å². The summed E-state index contributed by atoms with van der Waals surface area (Å²) in [5, 5.41) is 11.4. The number of rotatable bonds is 2. The Kier molecular flexibility index (Phi) is 3.87. The lowest BCUT2D eigenvalue weighted by Gasteiger charge is -2.37. The fourth-order valence-electron chi connectivity index (χ4n) is 3.25. The van der Waals surface area contributed by atoms with Gasteiger partial charge in [0, 0.05) is 11.8 Å². The minimum Gasteiger partial charge on any atom is -0.385 e. The molecule has 1 fully saturated rings. The van der Waals surface area contributed by atoms with Crippen molar-refractivity contribution in [3.8, 4) is 0 Å². The molecular weight excluding hydrogens is 284 g/mol. The van der Waals surface area contributed by atoms with E-state index in [1.54, 1.807) is 6.07 Å². The normalized spacial score (nSPS) is 25.7. The molecule has 1 saturated carbocycles. The summed E-state index contributed by atoms with van der Waals surface area (Å²) in [5.41, 5.74) is 7.02. The molecule has 110 valence electrons. The first-order valence-corrected chi connectivity index (χ1v) is 7.65. The summed E-state index contributed by atoms with van der Waals surface area (Å²) in [7, 11) is 0. The number of anilines is 1. The number of nitrogens with two attached hydrogens (primary N) is 1. The van der Waals surface area contributed by atoms with Crippen molar-refractivity contribution in [1.82, 2.24) is 4.98 Å². The van der Waals surface area contributed by atoms with Gasteiger partial charge in [0.05, 0.1) is 10.6 Å². The van der Waals surface area contributed by atoms with Gasteiger partial charge in [-0.25, -0.2) is 4.98 Å². The zero-order valence-electron chi connectivity index (χ0n) is 11.8. The molecule has 1 aliphatic rings. The van der Waals surface area contributed by atoms with E-state index in [4.69, 9.17) is 17.3 Å². The second-order valence-electron chi connectivity index (χ2n) is 5.80. The SMILES string of the molecule is Nc1ncc(Cl)cc1C1(O)CCC(c2ccccc2)CC1. The number of hydrogen-bond donors (Lipinski definition) is 2. The van der Waals surface area contributed by atoms with Gasteiger partial charge < -0.3 is 10.8 Å². The Morgan fingerprint density at radius 1 is 1.19 bits per heavy atom. The van der Waals surface area contributed by atoms with Crippen LogP contribution in [0.3, 0.4) is 0 Å². The third kappa shape index (κ3) is 2.89. The van der Waals surface area contributed by atoms with Gasteiger partial charge >= 0.3 is 0 Å². The highest BCUT2D eigenvalue weighted by molar-refractivity contribution is 6.30. The molecule has 3 N–H and O–H groups in total. The Hall–Kier alpha value is -1.58. The van der Waals surface area contributed by atoms with Gasteiger partial charge in [0.15, 0.2) is 0 Å². The van der Waals surface area contributed by atoms with Crippen LogP contribution in [-0.4, -0.2) is 10.1 Å². The largest absolute Gasteiger partial charge is 0.385 e. The third-order valence-electron chi connectivity index (χ3n) is 4.47. The van der Waals surface area contributed by atoms with Gasteiger partial charge in [-0.2, -0.15) is 0 Å². The summed E-state index contributed by atoms with van der Waals surface area (Å²) in [5.74, 6) is 0.875. The molecule has 1 aromatic carbocycles. The second-order valence-corrected chi connectivity index (χ2v) is 6.24. The van der Waals surface area contributed by atoms with E-state index in [-0.39, 0.29) is 0 Å². The molecule has 0 aliphatic heterocycles. The summed E-state index contributed by atoms with van der Waals surface area (Å²) >= 11 is 5.99. The molecule has 3 nitrogen and oxygen atoms in total. The van der Waals surface area contributed by atoms with Crippen molar-refractivity contribution in [2.75, 3.05) is 5.73 Å². The summed E-state index contributed by atoms with van der Waals surface area (Å²) in [6.07, 6.45) is 4.75. The third-order valence-corrected chi connectivity index (χ3v) is 4.68. The fourth-order valence-corrected chi connectivity index (χ4v) is 3.40. The number of halogens is 1. The van der Waals surface area contributed by atoms with Crippen molar-refractivity contribution < 1.29 is 5.11 Å². The molecule has 1 aromatic heterocycles. The van der Waals surface area contributed by atoms with Crippen LogP contribution in [0.4, 0.5) is 5.82 Å². The lowest BCUT2D eigenvalue weighted by Crippen LogP contribution is -2.32. The van der Waals surface area contributed by atoms with Gasteiger partial charge in [-0.15, -0.1) is 0 Å². The van der Waals surface area contributed by atoms with Crippen molar-refractivity contribution >= 4 is 17.4 Å². The van der Waals surface area contributed by atoms with Gasteiger partial charge in [0.25, 0.3) is 0 Å². The summed E-state index contributed by atoms with van der Waals surface area (Å²) in [6, 6.07) is 12.2.